The van der Waals surface area contributed by atoms with E-state index in [1.165, 1.54) is 11.8 Å². The molecule has 176 valence electrons. The number of carboxylic acid groups (broad SMARTS) is 1. The summed E-state index contributed by atoms with van der Waals surface area (Å²) in [6.07, 6.45) is 24.3. The Balaban J connectivity index is 0.000000165. The average molecular weight is 545 g/mol. The van der Waals surface area contributed by atoms with Crippen molar-refractivity contribution in [2.24, 2.45) is 0 Å². The molecule has 1 aromatic carbocycles. The second-order valence-electron chi connectivity index (χ2n) is 10.6. The van der Waals surface area contributed by atoms with E-state index in [-0.39, 0.29) is 5.76 Å². The van der Waals surface area contributed by atoms with Gasteiger partial charge in [-0.1, -0.05) is 18.2 Å². The van der Waals surface area contributed by atoms with Gasteiger partial charge in [-0.05, 0) is 13.0 Å². The van der Waals surface area contributed by atoms with E-state index in [9.17, 15) is 4.79 Å². The van der Waals surface area contributed by atoms with Gasteiger partial charge in [-0.2, -0.15) is 0 Å². The molecule has 0 saturated heterocycles. The molecule has 4 heteroatoms. The number of fused-ring (bicyclic) bond motifs is 1. The first kappa shape index (κ1) is 24.2. The summed E-state index contributed by atoms with van der Waals surface area (Å²) in [7, 11) is 0. The van der Waals surface area contributed by atoms with Gasteiger partial charge in [0.05, 0.1) is 0 Å². The zero-order valence-corrected chi connectivity index (χ0v) is 23.3. The van der Waals surface area contributed by atoms with Crippen molar-refractivity contribution >= 4 is 36.7 Å². The van der Waals surface area contributed by atoms with E-state index in [0.29, 0.717) is 11.1 Å². The smallest absolute Gasteiger partial charge is 0.372 e. The maximum atomic E-state index is 10.7. The third-order valence-electron chi connectivity index (χ3n) is 8.62. The Kier molecular flexibility index (Phi) is 9.02. The Hall–Kier alpha value is -0.971. The maximum absolute atomic E-state index is 10.7. The van der Waals surface area contributed by atoms with Crippen molar-refractivity contribution in [3.63, 3.8) is 0 Å². The third kappa shape index (κ3) is 5.93. The van der Waals surface area contributed by atoms with Crippen LogP contribution in [0, 0.1) is 6.92 Å². The van der Waals surface area contributed by atoms with Crippen LogP contribution < -0.4 is 0 Å². The quantitative estimate of drug-likeness (QED) is 0.391. The molecular formula is C28H42O3Sn. The molecule has 3 aliphatic carbocycles. The van der Waals surface area contributed by atoms with E-state index in [1.54, 1.807) is 109 Å². The van der Waals surface area contributed by atoms with Crippen molar-refractivity contribution in [2.45, 2.75) is 115 Å². The van der Waals surface area contributed by atoms with Gasteiger partial charge in [-0.3, -0.25) is 0 Å². The van der Waals surface area contributed by atoms with Gasteiger partial charge in [0, 0.05) is 10.9 Å². The van der Waals surface area contributed by atoms with E-state index in [1.807, 2.05) is 18.2 Å². The minimum absolute atomic E-state index is 0.0289. The topological polar surface area (TPSA) is 50.4 Å². The largest absolute Gasteiger partial charge is 0.475 e. The second kappa shape index (κ2) is 11.9. The first-order valence-corrected chi connectivity index (χ1v) is 19.1. The SMILES string of the molecule is C1CC[CH]([SnH]([CH]2CCCCC2)[CH]2CCCCC2)CC1.Cc1c(C(=O)O)oc2ccccc12. The van der Waals surface area contributed by atoms with E-state index in [0.717, 1.165) is 5.39 Å². The van der Waals surface area contributed by atoms with Crippen LogP contribution in [0.1, 0.15) is 112 Å². The summed E-state index contributed by atoms with van der Waals surface area (Å²) in [5, 5.41) is 9.63. The van der Waals surface area contributed by atoms with E-state index in [4.69, 9.17) is 9.52 Å². The summed E-state index contributed by atoms with van der Waals surface area (Å²) >= 11 is -1.31. The number of rotatable bonds is 4. The summed E-state index contributed by atoms with van der Waals surface area (Å²) in [6.45, 7) is 1.75. The van der Waals surface area contributed by atoms with Gasteiger partial charge in [0.1, 0.15) is 5.58 Å². The molecule has 32 heavy (non-hydrogen) atoms. The van der Waals surface area contributed by atoms with Crippen molar-refractivity contribution < 1.29 is 14.3 Å². The van der Waals surface area contributed by atoms with Crippen molar-refractivity contribution in [3.8, 4) is 0 Å². The standard InChI is InChI=1S/C10H8O3.3C6H11.Sn.H/c1-6-7-4-2-3-5-8(7)13-9(6)10(11)12;3*1-2-4-6-5-3-1;;/h2-5H,1H3,(H,11,12);3*1H,2-6H2;;. The summed E-state index contributed by atoms with van der Waals surface area (Å²) < 4.78 is 9.17. The fourth-order valence-corrected chi connectivity index (χ4v) is 24.3. The minimum atomic E-state index is -1.31. The minimum Gasteiger partial charge on any atom is -0.475 e. The molecule has 0 atom stereocenters. The molecule has 3 fully saturated rings. The Morgan fingerprint density at radius 3 is 1.62 bits per heavy atom. The molecule has 0 spiro atoms. The van der Waals surface area contributed by atoms with Crippen LogP contribution in [-0.2, 0) is 0 Å². The average Bonchev–Trinajstić information content (AvgIpc) is 3.19. The van der Waals surface area contributed by atoms with Gasteiger partial charge in [0.2, 0.25) is 5.76 Å². The zero-order valence-electron chi connectivity index (χ0n) is 20.0. The van der Waals surface area contributed by atoms with Crippen LogP contribution >= 0.6 is 0 Å². The van der Waals surface area contributed by atoms with Crippen LogP contribution in [0.25, 0.3) is 11.0 Å². The first-order chi connectivity index (χ1) is 15.6. The van der Waals surface area contributed by atoms with Crippen molar-refractivity contribution in [1.29, 1.82) is 0 Å². The van der Waals surface area contributed by atoms with E-state index in [2.05, 4.69) is 0 Å². The van der Waals surface area contributed by atoms with Gasteiger partial charge < -0.3 is 9.52 Å². The predicted molar refractivity (Wildman–Crippen MR) is 136 cm³/mol. The van der Waals surface area contributed by atoms with Gasteiger partial charge in [-0.15, -0.1) is 0 Å². The second-order valence-corrected chi connectivity index (χ2v) is 22.0. The van der Waals surface area contributed by atoms with Crippen molar-refractivity contribution in [3.05, 3.63) is 35.6 Å². The van der Waals surface area contributed by atoms with Gasteiger partial charge >= 0.3 is 134 Å². The molecule has 3 saturated carbocycles. The van der Waals surface area contributed by atoms with E-state index < -0.39 is 25.7 Å². The van der Waals surface area contributed by atoms with Crippen LogP contribution in [-0.4, -0.2) is 30.8 Å². The molecular weight excluding hydrogens is 503 g/mol. The van der Waals surface area contributed by atoms with Gasteiger partial charge in [0.25, 0.3) is 0 Å². The monoisotopic (exact) mass is 546 g/mol. The molecule has 0 aliphatic heterocycles. The normalized spacial score (nSPS) is 21.4. The molecule has 3 nitrogen and oxygen atoms in total. The fourth-order valence-electron chi connectivity index (χ4n) is 7.09. The van der Waals surface area contributed by atoms with Gasteiger partial charge in [-0.25, -0.2) is 4.79 Å². The summed E-state index contributed by atoms with van der Waals surface area (Å²) in [5.74, 6) is -0.991. The number of benzene rings is 1. The third-order valence-corrected chi connectivity index (χ3v) is 23.7. The fraction of sp³-hybridized carbons (Fsp3) is 0.679. The molecule has 1 heterocycles. The summed E-state index contributed by atoms with van der Waals surface area (Å²) in [4.78, 5) is 10.7. The molecule has 1 aromatic heterocycles. The Bertz CT molecular complexity index is 812. The molecule has 1 N–H and O–H groups in total. The molecule has 0 radical (unpaired) electrons. The number of aromatic carboxylic acids is 1. The van der Waals surface area contributed by atoms with Crippen LogP contribution in [0.5, 0.6) is 0 Å². The number of aryl methyl sites for hydroxylation is 1. The molecule has 0 unspecified atom stereocenters. The molecule has 2 aromatic rings. The number of para-hydroxylation sites is 1. The molecule has 0 amide bonds. The Labute approximate surface area is 201 Å². The molecule has 3 aliphatic rings. The number of carboxylic acids is 1. The number of carbonyl (C=O) groups is 1. The maximum Gasteiger partial charge on any atom is 0.372 e. The number of furan rings is 1. The van der Waals surface area contributed by atoms with Crippen LogP contribution in [0.4, 0.5) is 0 Å². The molecule has 5 rings (SSSR count). The van der Waals surface area contributed by atoms with Crippen molar-refractivity contribution in [1.82, 2.24) is 0 Å². The van der Waals surface area contributed by atoms with E-state index >= 15 is 0 Å². The number of hydrogen-bond acceptors (Lipinski definition) is 2. The van der Waals surface area contributed by atoms with Crippen LogP contribution in [0.2, 0.25) is 11.8 Å². The predicted octanol–water partition coefficient (Wildman–Crippen LogP) is 8.66. The Morgan fingerprint density at radius 2 is 1.22 bits per heavy atom. The Morgan fingerprint density at radius 1 is 0.781 bits per heavy atom. The van der Waals surface area contributed by atoms with Gasteiger partial charge in [0.15, 0.2) is 0 Å². The summed E-state index contributed by atoms with van der Waals surface area (Å²) in [6, 6.07) is 7.28. The first-order valence-electron chi connectivity index (χ1n) is 13.4. The van der Waals surface area contributed by atoms with Crippen molar-refractivity contribution in [2.75, 3.05) is 0 Å². The number of hydrogen-bond donors (Lipinski definition) is 1. The van der Waals surface area contributed by atoms with Crippen LogP contribution in [0.3, 0.4) is 0 Å². The molecule has 0 bridgehead atoms. The zero-order chi connectivity index (χ0) is 22.3. The van der Waals surface area contributed by atoms with Crippen LogP contribution in [0.15, 0.2) is 28.7 Å². The summed E-state index contributed by atoms with van der Waals surface area (Å²) in [5.41, 5.74) is 1.31.